The Kier molecular flexibility index (Phi) is 2.08. The van der Waals surface area contributed by atoms with Crippen LogP contribution in [0.5, 0.6) is 0 Å². The fourth-order valence-corrected chi connectivity index (χ4v) is 2.69. The summed E-state index contributed by atoms with van der Waals surface area (Å²) < 4.78 is 0. The van der Waals surface area contributed by atoms with Crippen LogP contribution in [0.1, 0.15) is 12.0 Å². The largest absolute Gasteiger partial charge is 0.480 e. The summed E-state index contributed by atoms with van der Waals surface area (Å²) in [5.74, 6) is -0.998. The number of aliphatic carboxylic acids is 1. The van der Waals surface area contributed by atoms with E-state index >= 15 is 0 Å². The lowest BCUT2D eigenvalue weighted by atomic mass is 9.80. The molecule has 1 fully saturated rings. The molecule has 5 heteroatoms. The van der Waals surface area contributed by atoms with Gasteiger partial charge in [0.2, 0.25) is 0 Å². The molecule has 2 unspecified atom stereocenters. The molecule has 0 saturated carbocycles. The summed E-state index contributed by atoms with van der Waals surface area (Å²) in [6, 6.07) is 6.80. The second-order valence-electron chi connectivity index (χ2n) is 4.59. The van der Waals surface area contributed by atoms with Crippen LogP contribution in [0.25, 0.3) is 0 Å². The molecule has 3 rings (SSSR count). The Morgan fingerprint density at radius 2 is 2.24 bits per heavy atom. The summed E-state index contributed by atoms with van der Waals surface area (Å²) in [6.45, 7) is 0.282. The highest BCUT2D eigenvalue weighted by Crippen LogP contribution is 2.44. The van der Waals surface area contributed by atoms with Crippen molar-refractivity contribution < 1.29 is 15.1 Å². The number of aliphatic imine (C=N–C) groups is 1. The molecule has 17 heavy (non-hydrogen) atoms. The van der Waals surface area contributed by atoms with Crippen molar-refractivity contribution >= 4 is 17.9 Å². The number of para-hydroxylation sites is 1. The number of fused-ring (bicyclic) bond motifs is 2. The molecule has 88 valence electrons. The predicted octanol–water partition coefficient (Wildman–Crippen LogP) is 1.19. The molecule has 0 amide bonds. The van der Waals surface area contributed by atoms with E-state index in [9.17, 15) is 10.0 Å². The van der Waals surface area contributed by atoms with Crippen LogP contribution in [0.3, 0.4) is 0 Å². The molecule has 2 aliphatic rings. The van der Waals surface area contributed by atoms with Crippen molar-refractivity contribution in [2.75, 3.05) is 6.54 Å². The third-order valence-corrected chi connectivity index (χ3v) is 3.54. The van der Waals surface area contributed by atoms with E-state index in [0.29, 0.717) is 6.42 Å². The summed E-state index contributed by atoms with van der Waals surface area (Å²) in [4.78, 5) is 15.3. The third kappa shape index (κ3) is 1.40. The molecular formula is C12H12N2O3. The van der Waals surface area contributed by atoms with Gasteiger partial charge in [0.15, 0.2) is 0 Å². The minimum Gasteiger partial charge on any atom is -0.480 e. The summed E-state index contributed by atoms with van der Waals surface area (Å²) in [6.07, 6.45) is 2.13. The number of hydroxylamine groups is 2. The maximum atomic E-state index is 11.0. The number of carbonyl (C=O) groups is 1. The lowest BCUT2D eigenvalue weighted by molar-refractivity contribution is -0.161. The molecule has 0 bridgehead atoms. The molecule has 0 aromatic heterocycles. The minimum atomic E-state index is -0.998. The average Bonchev–Trinajstić information content (AvgIpc) is 2.83. The predicted molar refractivity (Wildman–Crippen MR) is 60.8 cm³/mol. The number of rotatable bonds is 1. The number of hydrogen-bond donors (Lipinski definition) is 2. The molecule has 1 spiro atoms. The molecule has 2 heterocycles. The van der Waals surface area contributed by atoms with Crippen molar-refractivity contribution in [3.05, 3.63) is 29.8 Å². The highest BCUT2D eigenvalue weighted by atomic mass is 16.5. The van der Waals surface area contributed by atoms with Gasteiger partial charge in [-0.2, -0.15) is 5.06 Å². The van der Waals surface area contributed by atoms with Gasteiger partial charge in [0, 0.05) is 18.2 Å². The number of carboxylic acid groups (broad SMARTS) is 1. The first kappa shape index (κ1) is 10.4. The van der Waals surface area contributed by atoms with Crippen molar-refractivity contribution in [1.82, 2.24) is 5.06 Å². The van der Waals surface area contributed by atoms with E-state index in [4.69, 9.17) is 5.11 Å². The Morgan fingerprint density at radius 1 is 1.47 bits per heavy atom. The first-order valence-corrected chi connectivity index (χ1v) is 5.45. The van der Waals surface area contributed by atoms with Gasteiger partial charge in [-0.3, -0.25) is 9.79 Å². The molecule has 5 nitrogen and oxygen atoms in total. The Bertz CT molecular complexity index is 514. The van der Waals surface area contributed by atoms with Gasteiger partial charge in [-0.25, -0.2) is 0 Å². The SMILES string of the molecule is O=C(O)C1CC2(C=Nc3ccccc32)CN1O. The van der Waals surface area contributed by atoms with Crippen LogP contribution in [0, 0.1) is 0 Å². The summed E-state index contributed by atoms with van der Waals surface area (Å²) in [5, 5.41) is 19.6. The second kappa shape index (κ2) is 3.38. The topological polar surface area (TPSA) is 73.1 Å². The van der Waals surface area contributed by atoms with Crippen LogP contribution in [-0.4, -0.2) is 40.1 Å². The van der Waals surface area contributed by atoms with Crippen LogP contribution in [-0.2, 0) is 10.2 Å². The standard InChI is InChI=1S/C12H12N2O3/c15-11(16)10-5-12(7-14(10)17)6-13-9-4-2-1-3-8(9)12/h1-4,6,10,17H,5,7H2,(H,15,16). The number of benzene rings is 1. The molecule has 0 radical (unpaired) electrons. The van der Waals surface area contributed by atoms with E-state index in [-0.39, 0.29) is 6.54 Å². The van der Waals surface area contributed by atoms with Crippen molar-refractivity contribution in [2.24, 2.45) is 4.99 Å². The third-order valence-electron chi connectivity index (χ3n) is 3.54. The number of hydrogen-bond acceptors (Lipinski definition) is 4. The number of nitrogens with zero attached hydrogens (tertiary/aromatic N) is 2. The summed E-state index contributed by atoms with van der Waals surface area (Å²) in [7, 11) is 0. The molecule has 1 saturated heterocycles. The monoisotopic (exact) mass is 232 g/mol. The zero-order valence-electron chi connectivity index (χ0n) is 9.08. The van der Waals surface area contributed by atoms with Crippen molar-refractivity contribution in [1.29, 1.82) is 0 Å². The van der Waals surface area contributed by atoms with Crippen molar-refractivity contribution in [2.45, 2.75) is 17.9 Å². The van der Waals surface area contributed by atoms with Crippen LogP contribution >= 0.6 is 0 Å². The van der Waals surface area contributed by atoms with Gasteiger partial charge >= 0.3 is 5.97 Å². The van der Waals surface area contributed by atoms with Crippen molar-refractivity contribution in [3.63, 3.8) is 0 Å². The van der Waals surface area contributed by atoms with Gasteiger partial charge in [-0.15, -0.1) is 0 Å². The first-order valence-electron chi connectivity index (χ1n) is 5.45. The Labute approximate surface area is 98.0 Å². The molecule has 1 aromatic carbocycles. The van der Waals surface area contributed by atoms with Gasteiger partial charge in [0.05, 0.1) is 5.69 Å². The van der Waals surface area contributed by atoms with Gasteiger partial charge < -0.3 is 10.3 Å². The lowest BCUT2D eigenvalue weighted by Crippen LogP contribution is -2.33. The fraction of sp³-hybridized carbons (Fsp3) is 0.333. The van der Waals surface area contributed by atoms with Crippen LogP contribution in [0.15, 0.2) is 29.3 Å². The van der Waals surface area contributed by atoms with Crippen LogP contribution in [0.4, 0.5) is 5.69 Å². The normalized spacial score (nSPS) is 31.0. The summed E-state index contributed by atoms with van der Waals surface area (Å²) >= 11 is 0. The second-order valence-corrected chi connectivity index (χ2v) is 4.59. The number of carboxylic acids is 1. The molecule has 2 aliphatic heterocycles. The average molecular weight is 232 g/mol. The van der Waals surface area contributed by atoms with E-state index in [1.165, 1.54) is 0 Å². The van der Waals surface area contributed by atoms with Crippen LogP contribution < -0.4 is 0 Å². The fourth-order valence-electron chi connectivity index (χ4n) is 2.69. The maximum absolute atomic E-state index is 11.0. The highest BCUT2D eigenvalue weighted by Gasteiger charge is 2.49. The van der Waals surface area contributed by atoms with Gasteiger partial charge in [0.1, 0.15) is 6.04 Å². The van der Waals surface area contributed by atoms with Gasteiger partial charge in [-0.1, -0.05) is 18.2 Å². The van der Waals surface area contributed by atoms with Crippen molar-refractivity contribution in [3.8, 4) is 0 Å². The van der Waals surface area contributed by atoms with E-state index in [1.807, 2.05) is 24.3 Å². The Hall–Kier alpha value is -1.72. The smallest absolute Gasteiger partial charge is 0.323 e. The molecule has 2 N–H and O–H groups in total. The van der Waals surface area contributed by atoms with Crippen LogP contribution in [0.2, 0.25) is 0 Å². The zero-order valence-corrected chi connectivity index (χ0v) is 9.08. The van der Waals surface area contributed by atoms with E-state index in [0.717, 1.165) is 16.3 Å². The Morgan fingerprint density at radius 3 is 2.94 bits per heavy atom. The first-order chi connectivity index (χ1) is 8.12. The molecular weight excluding hydrogens is 220 g/mol. The highest BCUT2D eigenvalue weighted by molar-refractivity contribution is 5.88. The van der Waals surface area contributed by atoms with Gasteiger partial charge in [0.25, 0.3) is 0 Å². The molecule has 1 aromatic rings. The minimum absolute atomic E-state index is 0.282. The van der Waals surface area contributed by atoms with E-state index < -0.39 is 17.4 Å². The Balaban J connectivity index is 2.02. The van der Waals surface area contributed by atoms with E-state index in [1.54, 1.807) is 6.21 Å². The summed E-state index contributed by atoms with van der Waals surface area (Å²) in [5.41, 5.74) is 1.42. The van der Waals surface area contributed by atoms with E-state index in [2.05, 4.69) is 4.99 Å². The molecule has 2 atom stereocenters. The maximum Gasteiger partial charge on any atom is 0.323 e. The van der Waals surface area contributed by atoms with Gasteiger partial charge in [-0.05, 0) is 18.1 Å². The zero-order chi connectivity index (χ0) is 12.0. The lowest BCUT2D eigenvalue weighted by Gasteiger charge is -2.20. The quantitative estimate of drug-likeness (QED) is 0.762. The molecule has 0 aliphatic carbocycles.